The molecule has 0 radical (unpaired) electrons. The molecule has 2 aromatic carbocycles. The van der Waals surface area contributed by atoms with Crippen LogP contribution in [0.3, 0.4) is 0 Å². The van der Waals surface area contributed by atoms with Gasteiger partial charge < -0.3 is 34.1 Å². The van der Waals surface area contributed by atoms with Crippen molar-refractivity contribution >= 4 is 36.6 Å². The predicted molar refractivity (Wildman–Crippen MR) is 144 cm³/mol. The van der Waals surface area contributed by atoms with E-state index in [1.807, 2.05) is 18.2 Å². The fourth-order valence-corrected chi connectivity index (χ4v) is 3.78. The molecule has 0 aromatic heterocycles. The summed E-state index contributed by atoms with van der Waals surface area (Å²) in [7, 11) is 8.82. The van der Waals surface area contributed by atoms with Gasteiger partial charge in [0.25, 0.3) is 0 Å². The molecule has 1 heterocycles. The van der Waals surface area contributed by atoms with E-state index in [1.165, 1.54) is 5.56 Å². The van der Waals surface area contributed by atoms with Gasteiger partial charge in [0.15, 0.2) is 23.0 Å². The van der Waals surface area contributed by atoms with E-state index in [-0.39, 0.29) is 24.8 Å². The van der Waals surface area contributed by atoms with Crippen LogP contribution in [0.2, 0.25) is 0 Å². The number of fused-ring (bicyclic) bond motifs is 1. The van der Waals surface area contributed by atoms with Crippen LogP contribution in [0.15, 0.2) is 36.5 Å². The van der Waals surface area contributed by atoms with Gasteiger partial charge in [-0.05, 0) is 56.3 Å². The highest BCUT2D eigenvalue weighted by atomic mass is 35.5. The van der Waals surface area contributed by atoms with Crippen LogP contribution in [-0.2, 0) is 6.42 Å². The van der Waals surface area contributed by atoms with Gasteiger partial charge in [-0.2, -0.15) is 0 Å². The summed E-state index contributed by atoms with van der Waals surface area (Å²) in [5.74, 6) is 3.02. The third kappa shape index (κ3) is 7.79. The first-order valence-electron chi connectivity index (χ1n) is 10.9. The Kier molecular flexibility index (Phi) is 12.8. The first kappa shape index (κ1) is 29.6. The van der Waals surface area contributed by atoms with Crippen LogP contribution in [0.25, 0.3) is 6.08 Å². The van der Waals surface area contributed by atoms with Crippen LogP contribution in [0.5, 0.6) is 23.0 Å². The maximum atomic E-state index is 5.42. The Morgan fingerprint density at radius 1 is 0.853 bits per heavy atom. The van der Waals surface area contributed by atoms with Crippen molar-refractivity contribution in [2.24, 2.45) is 0 Å². The van der Waals surface area contributed by atoms with E-state index in [2.05, 4.69) is 46.6 Å². The molecule has 1 aliphatic heterocycles. The minimum Gasteiger partial charge on any atom is -0.493 e. The van der Waals surface area contributed by atoms with Crippen LogP contribution < -0.4 is 24.3 Å². The van der Waals surface area contributed by atoms with Gasteiger partial charge in [0.2, 0.25) is 0 Å². The lowest BCUT2D eigenvalue weighted by Gasteiger charge is -2.22. The molecule has 0 fully saturated rings. The molecule has 7 nitrogen and oxygen atoms in total. The average molecular weight is 514 g/mol. The lowest BCUT2D eigenvalue weighted by molar-refractivity contribution is 0.303. The number of nitrogens with one attached hydrogen (secondary N) is 1. The number of hydrogen-bond donors (Lipinski definition) is 1. The van der Waals surface area contributed by atoms with Crippen molar-refractivity contribution < 1.29 is 18.9 Å². The SMILES string of the molecule is COc1ccc(CCN(C)CCCN2C=Cc3cc(OC)c(OC)cc3NC2)cc1OC.Cl.Cl. The van der Waals surface area contributed by atoms with E-state index < -0.39 is 0 Å². The summed E-state index contributed by atoms with van der Waals surface area (Å²) >= 11 is 0. The highest BCUT2D eigenvalue weighted by Gasteiger charge is 2.13. The van der Waals surface area contributed by atoms with E-state index >= 15 is 0 Å². The second-order valence-electron chi connectivity index (χ2n) is 7.85. The van der Waals surface area contributed by atoms with Gasteiger partial charge in [-0.25, -0.2) is 0 Å². The molecule has 0 bridgehead atoms. The van der Waals surface area contributed by atoms with Crippen LogP contribution >= 0.6 is 24.8 Å². The number of anilines is 1. The van der Waals surface area contributed by atoms with Crippen molar-refractivity contribution in [2.45, 2.75) is 12.8 Å². The number of nitrogens with zero attached hydrogens (tertiary/aromatic N) is 2. The Bertz CT molecular complexity index is 927. The number of hydrogen-bond acceptors (Lipinski definition) is 7. The third-order valence-corrected chi connectivity index (χ3v) is 5.71. The van der Waals surface area contributed by atoms with E-state index in [4.69, 9.17) is 18.9 Å². The molecule has 0 unspecified atom stereocenters. The van der Waals surface area contributed by atoms with E-state index in [0.717, 1.165) is 73.4 Å². The van der Waals surface area contributed by atoms with Gasteiger partial charge in [-0.15, -0.1) is 24.8 Å². The van der Waals surface area contributed by atoms with Crippen LogP contribution in [0.1, 0.15) is 17.5 Å². The topological polar surface area (TPSA) is 55.4 Å². The Labute approximate surface area is 215 Å². The fourth-order valence-electron chi connectivity index (χ4n) is 3.78. The Balaban J connectivity index is 0.00000289. The minimum atomic E-state index is 0. The van der Waals surface area contributed by atoms with Gasteiger partial charge in [-0.3, -0.25) is 0 Å². The standard InChI is InChI=1S/C25H35N3O4.2ClH/c1-27(13-9-19-7-8-22(29-2)23(15-19)30-3)11-6-12-28-14-10-20-16-24(31-4)25(32-5)17-21(20)26-18-28;;/h7-8,10,14-17,26H,6,9,11-13,18H2,1-5H3;2*1H. The second-order valence-corrected chi connectivity index (χ2v) is 7.85. The summed E-state index contributed by atoms with van der Waals surface area (Å²) in [5, 5.41) is 3.50. The number of ether oxygens (including phenoxy) is 4. The second kappa shape index (κ2) is 14.7. The number of halogens is 2. The van der Waals surface area contributed by atoms with Gasteiger partial charge in [0.1, 0.15) is 0 Å². The highest BCUT2D eigenvalue weighted by molar-refractivity contribution is 5.85. The molecule has 0 atom stereocenters. The molecule has 190 valence electrons. The molecule has 0 amide bonds. The van der Waals surface area contributed by atoms with Gasteiger partial charge >= 0.3 is 0 Å². The molecule has 0 aliphatic carbocycles. The van der Waals surface area contributed by atoms with E-state index in [1.54, 1.807) is 28.4 Å². The Hall–Kier alpha value is -2.48. The lowest BCUT2D eigenvalue weighted by Crippen LogP contribution is -2.29. The molecule has 0 saturated carbocycles. The lowest BCUT2D eigenvalue weighted by atomic mass is 10.1. The zero-order valence-electron chi connectivity index (χ0n) is 20.6. The summed E-state index contributed by atoms with van der Waals surface area (Å²) in [6, 6.07) is 10.1. The number of methoxy groups -OCH3 is 4. The molecule has 0 spiro atoms. The van der Waals surface area contributed by atoms with Crippen LogP contribution in [0.4, 0.5) is 5.69 Å². The van der Waals surface area contributed by atoms with Crippen molar-refractivity contribution in [1.82, 2.24) is 9.80 Å². The quantitative estimate of drug-likeness (QED) is 0.463. The molecule has 3 rings (SSSR count). The van der Waals surface area contributed by atoms with Crippen molar-refractivity contribution in [1.29, 1.82) is 0 Å². The Morgan fingerprint density at radius 3 is 2.18 bits per heavy atom. The first-order chi connectivity index (χ1) is 15.6. The number of rotatable bonds is 11. The normalized spacial score (nSPS) is 12.0. The molecule has 34 heavy (non-hydrogen) atoms. The zero-order chi connectivity index (χ0) is 22.9. The fraction of sp³-hybridized carbons (Fsp3) is 0.440. The summed E-state index contributed by atoms with van der Waals surface area (Å²) in [5.41, 5.74) is 3.39. The van der Waals surface area contributed by atoms with Crippen molar-refractivity contribution in [2.75, 3.05) is 67.1 Å². The van der Waals surface area contributed by atoms with Crippen LogP contribution in [0, 0.1) is 0 Å². The summed E-state index contributed by atoms with van der Waals surface area (Å²) in [6.45, 7) is 3.77. The number of benzene rings is 2. The highest BCUT2D eigenvalue weighted by Crippen LogP contribution is 2.35. The molecular formula is C25H37Cl2N3O4. The monoisotopic (exact) mass is 513 g/mol. The Morgan fingerprint density at radius 2 is 1.50 bits per heavy atom. The van der Waals surface area contributed by atoms with Crippen molar-refractivity contribution in [3.63, 3.8) is 0 Å². The van der Waals surface area contributed by atoms with Crippen molar-refractivity contribution in [3.05, 3.63) is 47.7 Å². The minimum absolute atomic E-state index is 0. The van der Waals surface area contributed by atoms with Gasteiger partial charge in [-0.1, -0.05) is 6.07 Å². The third-order valence-electron chi connectivity index (χ3n) is 5.71. The first-order valence-corrected chi connectivity index (χ1v) is 10.9. The van der Waals surface area contributed by atoms with Gasteiger partial charge in [0.05, 0.1) is 35.1 Å². The maximum Gasteiger partial charge on any atom is 0.162 e. The molecular weight excluding hydrogens is 477 g/mol. The van der Waals surface area contributed by atoms with Gasteiger partial charge in [0, 0.05) is 36.6 Å². The molecule has 0 saturated heterocycles. The zero-order valence-corrected chi connectivity index (χ0v) is 22.3. The largest absolute Gasteiger partial charge is 0.493 e. The smallest absolute Gasteiger partial charge is 0.162 e. The molecule has 9 heteroatoms. The average Bonchev–Trinajstić information content (AvgIpc) is 3.03. The van der Waals surface area contributed by atoms with Crippen molar-refractivity contribution in [3.8, 4) is 23.0 Å². The maximum absolute atomic E-state index is 5.42. The summed E-state index contributed by atoms with van der Waals surface area (Å²) in [4.78, 5) is 4.66. The summed E-state index contributed by atoms with van der Waals surface area (Å²) < 4.78 is 21.6. The number of likely N-dealkylation sites (N-methyl/N-ethyl adjacent to an activating group) is 1. The molecule has 2 aromatic rings. The van der Waals surface area contributed by atoms with E-state index in [0.29, 0.717) is 0 Å². The summed E-state index contributed by atoms with van der Waals surface area (Å²) in [6.07, 6.45) is 6.32. The molecule has 1 aliphatic rings. The molecule has 1 N–H and O–H groups in total. The van der Waals surface area contributed by atoms with E-state index in [9.17, 15) is 0 Å². The van der Waals surface area contributed by atoms with Crippen LogP contribution in [-0.4, -0.2) is 71.6 Å². The predicted octanol–water partition coefficient (Wildman–Crippen LogP) is 4.78.